The van der Waals surface area contributed by atoms with Crippen LogP contribution in [0.2, 0.25) is 0 Å². The molecule has 0 aliphatic carbocycles. The Bertz CT molecular complexity index is 868. The van der Waals surface area contributed by atoms with Gasteiger partial charge in [0, 0.05) is 5.56 Å². The van der Waals surface area contributed by atoms with Gasteiger partial charge in [-0.05, 0) is 29.6 Å². The third-order valence-electron chi connectivity index (χ3n) is 5.00. The third-order valence-corrected chi connectivity index (χ3v) is 5.83. The second-order valence-corrected chi connectivity index (χ2v) is 7.78. The number of hydrogen-bond donors (Lipinski definition) is 3. The van der Waals surface area contributed by atoms with Gasteiger partial charge in [0.25, 0.3) is 5.91 Å². The molecule has 1 aromatic carbocycles. The predicted molar refractivity (Wildman–Crippen MR) is 100 cm³/mol. The molecule has 27 heavy (non-hydrogen) atoms. The van der Waals surface area contributed by atoms with E-state index < -0.39 is 0 Å². The largest absolute Gasteiger partial charge is 0.454 e. The Balaban J connectivity index is 1.24. The van der Waals surface area contributed by atoms with Gasteiger partial charge in [-0.25, -0.2) is 0 Å². The molecule has 0 atom stereocenters. The average molecular weight is 386 g/mol. The van der Waals surface area contributed by atoms with Crippen molar-refractivity contribution in [2.75, 3.05) is 44.8 Å². The topological polar surface area (TPSA) is 80.2 Å². The Labute approximate surface area is 161 Å². The van der Waals surface area contributed by atoms with Gasteiger partial charge >= 0.3 is 0 Å². The van der Waals surface area contributed by atoms with Gasteiger partial charge in [-0.2, -0.15) is 5.26 Å². The van der Waals surface area contributed by atoms with Crippen molar-refractivity contribution in [3.63, 3.8) is 0 Å². The molecule has 0 radical (unpaired) electrons. The highest BCUT2D eigenvalue weighted by molar-refractivity contribution is 7.14. The van der Waals surface area contributed by atoms with Crippen LogP contribution in [-0.2, 0) is 11.3 Å². The van der Waals surface area contributed by atoms with E-state index >= 15 is 0 Å². The smallest absolute Gasteiger partial charge is 0.280 e. The number of carbonyl (C=O) groups is 1. The molecular formula is C19H22N4O3S+2. The van der Waals surface area contributed by atoms with E-state index in [0.717, 1.165) is 44.2 Å². The number of quaternary nitrogens is 2. The molecule has 0 spiro atoms. The summed E-state index contributed by atoms with van der Waals surface area (Å²) in [6.45, 7) is 5.68. The van der Waals surface area contributed by atoms with E-state index in [-0.39, 0.29) is 5.91 Å². The summed E-state index contributed by atoms with van der Waals surface area (Å²) in [5.41, 5.74) is 1.78. The first kappa shape index (κ1) is 17.8. The highest BCUT2D eigenvalue weighted by Gasteiger charge is 2.26. The van der Waals surface area contributed by atoms with Gasteiger partial charge in [-0.1, -0.05) is 0 Å². The molecule has 4 rings (SSSR count). The molecule has 3 heterocycles. The molecule has 2 aromatic rings. The van der Waals surface area contributed by atoms with E-state index in [1.54, 1.807) is 6.07 Å². The normalized spacial score (nSPS) is 20.9. The molecule has 0 bridgehead atoms. The first-order valence-electron chi connectivity index (χ1n) is 9.04. The van der Waals surface area contributed by atoms with Crippen LogP contribution in [-0.4, -0.2) is 45.4 Å². The summed E-state index contributed by atoms with van der Waals surface area (Å²) in [6, 6.07) is 9.96. The second-order valence-electron chi connectivity index (χ2n) is 6.86. The maximum absolute atomic E-state index is 12.3. The van der Waals surface area contributed by atoms with Gasteiger partial charge in [0.05, 0.1) is 5.56 Å². The number of hydrogen-bond acceptors (Lipinski definition) is 5. The monoisotopic (exact) mass is 386 g/mol. The number of piperazine rings is 1. The van der Waals surface area contributed by atoms with Crippen LogP contribution in [0.15, 0.2) is 29.6 Å². The zero-order valence-corrected chi connectivity index (χ0v) is 15.7. The van der Waals surface area contributed by atoms with Gasteiger partial charge in [0.15, 0.2) is 18.0 Å². The number of carbonyl (C=O) groups excluding carboxylic acids is 1. The number of ether oxygens (including phenoxy) is 2. The van der Waals surface area contributed by atoms with E-state index in [4.69, 9.17) is 14.7 Å². The molecule has 140 valence electrons. The van der Waals surface area contributed by atoms with Crippen LogP contribution in [0.4, 0.5) is 5.00 Å². The van der Waals surface area contributed by atoms with Crippen molar-refractivity contribution in [2.24, 2.45) is 0 Å². The van der Waals surface area contributed by atoms with E-state index in [1.807, 2.05) is 11.4 Å². The number of fused-ring (bicyclic) bond motifs is 1. The average Bonchev–Trinajstić information content (AvgIpc) is 3.31. The maximum atomic E-state index is 12.3. The molecule has 1 saturated heterocycles. The first-order valence-corrected chi connectivity index (χ1v) is 9.92. The minimum atomic E-state index is -0.0248. The third kappa shape index (κ3) is 4.22. The number of nitrogens with zero attached hydrogens (tertiary/aromatic N) is 1. The molecule has 2 aliphatic rings. The van der Waals surface area contributed by atoms with Crippen LogP contribution >= 0.6 is 11.3 Å². The van der Waals surface area contributed by atoms with Crippen LogP contribution in [0, 0.1) is 11.3 Å². The summed E-state index contributed by atoms with van der Waals surface area (Å²) in [5, 5.41) is 14.4. The van der Waals surface area contributed by atoms with Crippen molar-refractivity contribution in [3.05, 3.63) is 40.8 Å². The molecular weight excluding hydrogens is 364 g/mol. The van der Waals surface area contributed by atoms with Crippen LogP contribution in [0.25, 0.3) is 0 Å². The number of nitrogens with one attached hydrogen (secondary N) is 3. The minimum absolute atomic E-state index is 0.0248. The Morgan fingerprint density at radius 1 is 1.15 bits per heavy atom. The maximum Gasteiger partial charge on any atom is 0.280 e. The standard InChI is InChI=1S/C19H20N4O3S/c20-10-15-3-8-27-19(15)21-18(24)12-23-6-4-22(5-7-23)11-14-1-2-16-17(9-14)26-13-25-16/h1-3,8-9H,4-7,11-13H2,(H,21,24)/p+2. The lowest BCUT2D eigenvalue weighted by Crippen LogP contribution is -3.28. The summed E-state index contributed by atoms with van der Waals surface area (Å²) >= 11 is 1.39. The fourth-order valence-corrected chi connectivity index (χ4v) is 4.30. The number of benzene rings is 1. The number of anilines is 1. The van der Waals surface area contributed by atoms with Crippen molar-refractivity contribution in [1.82, 2.24) is 0 Å². The van der Waals surface area contributed by atoms with Gasteiger partial charge in [-0.15, -0.1) is 11.3 Å². The Kier molecular flexibility index (Phi) is 5.25. The molecule has 3 N–H and O–H groups in total. The summed E-state index contributed by atoms with van der Waals surface area (Å²) in [5.74, 6) is 1.63. The molecule has 1 fully saturated rings. The fourth-order valence-electron chi connectivity index (χ4n) is 3.54. The summed E-state index contributed by atoms with van der Waals surface area (Å²) in [4.78, 5) is 15.1. The Morgan fingerprint density at radius 3 is 2.74 bits per heavy atom. The highest BCUT2D eigenvalue weighted by Crippen LogP contribution is 2.32. The van der Waals surface area contributed by atoms with Crippen LogP contribution < -0.4 is 24.6 Å². The lowest BCUT2D eigenvalue weighted by Gasteiger charge is -2.29. The Morgan fingerprint density at radius 2 is 1.93 bits per heavy atom. The predicted octanol–water partition coefficient (Wildman–Crippen LogP) is -0.729. The van der Waals surface area contributed by atoms with Gasteiger partial charge < -0.3 is 24.6 Å². The lowest BCUT2D eigenvalue weighted by atomic mass is 10.1. The van der Waals surface area contributed by atoms with Crippen molar-refractivity contribution in [3.8, 4) is 17.6 Å². The highest BCUT2D eigenvalue weighted by atomic mass is 32.1. The summed E-state index contributed by atoms with van der Waals surface area (Å²) in [6.07, 6.45) is 0. The number of nitriles is 1. The van der Waals surface area contributed by atoms with Crippen molar-refractivity contribution in [2.45, 2.75) is 6.54 Å². The van der Waals surface area contributed by atoms with Crippen LogP contribution in [0.1, 0.15) is 11.1 Å². The van der Waals surface area contributed by atoms with Gasteiger partial charge in [0.2, 0.25) is 6.79 Å². The zero-order chi connectivity index (χ0) is 18.6. The van der Waals surface area contributed by atoms with E-state index in [9.17, 15) is 4.79 Å². The summed E-state index contributed by atoms with van der Waals surface area (Å²) < 4.78 is 10.8. The SMILES string of the molecule is N#Cc1ccsc1NC(=O)C[NH+]1CC[NH+](Cc2ccc3c(c2)OCO3)CC1. The molecule has 2 aliphatic heterocycles. The molecule has 7 nitrogen and oxygen atoms in total. The van der Waals surface area contributed by atoms with Crippen molar-refractivity contribution >= 4 is 22.2 Å². The Hall–Kier alpha value is -2.60. The zero-order valence-electron chi connectivity index (χ0n) is 14.9. The number of rotatable bonds is 5. The second kappa shape index (κ2) is 7.96. The quantitative estimate of drug-likeness (QED) is 0.633. The lowest BCUT2D eigenvalue weighted by molar-refractivity contribution is -1.02. The molecule has 1 aromatic heterocycles. The van der Waals surface area contributed by atoms with Crippen LogP contribution in [0.3, 0.4) is 0 Å². The van der Waals surface area contributed by atoms with Gasteiger partial charge in [0.1, 0.15) is 43.8 Å². The van der Waals surface area contributed by atoms with Crippen molar-refractivity contribution in [1.29, 1.82) is 5.26 Å². The number of thiophene rings is 1. The van der Waals surface area contributed by atoms with E-state index in [1.165, 1.54) is 26.7 Å². The molecule has 0 saturated carbocycles. The minimum Gasteiger partial charge on any atom is -0.454 e. The first-order chi connectivity index (χ1) is 13.2. The van der Waals surface area contributed by atoms with E-state index in [0.29, 0.717) is 23.9 Å². The molecule has 1 amide bonds. The molecule has 0 unspecified atom stereocenters. The van der Waals surface area contributed by atoms with Crippen molar-refractivity contribution < 1.29 is 24.1 Å². The molecule has 8 heteroatoms. The fraction of sp³-hybridized carbons (Fsp3) is 0.368. The van der Waals surface area contributed by atoms with Crippen LogP contribution in [0.5, 0.6) is 11.5 Å². The summed E-state index contributed by atoms with van der Waals surface area (Å²) in [7, 11) is 0. The van der Waals surface area contributed by atoms with Gasteiger partial charge in [-0.3, -0.25) is 4.79 Å². The number of amides is 1. The van der Waals surface area contributed by atoms with E-state index in [2.05, 4.69) is 23.5 Å².